The Morgan fingerprint density at radius 1 is 1.39 bits per heavy atom. The normalized spacial score (nSPS) is 18.2. The maximum Gasteiger partial charge on any atom is 0.216 e. The predicted molar refractivity (Wildman–Crippen MR) is 89.8 cm³/mol. The first-order valence-corrected chi connectivity index (χ1v) is 9.39. The van der Waals surface area contributed by atoms with E-state index in [0.29, 0.717) is 31.6 Å². The third-order valence-corrected chi connectivity index (χ3v) is 6.06. The molecule has 0 radical (unpaired) electrons. The standard InChI is InChI=1S/C16H25FN2O3S/c1-12-4-5-15(17)16(10-12)19-8-6-14(7-9-19)18-23(20,21)13(2)11-22-3/h4-5,10,13-14,18H,6-9,11H2,1-3H3. The fourth-order valence-electron chi connectivity index (χ4n) is 2.78. The molecule has 1 fully saturated rings. The number of anilines is 1. The first kappa shape index (κ1) is 18.2. The van der Waals surface area contributed by atoms with Crippen LogP contribution in [0.5, 0.6) is 0 Å². The lowest BCUT2D eigenvalue weighted by molar-refractivity contribution is 0.200. The fraction of sp³-hybridized carbons (Fsp3) is 0.625. The summed E-state index contributed by atoms with van der Waals surface area (Å²) in [5.74, 6) is -0.233. The van der Waals surface area contributed by atoms with Crippen LogP contribution in [0.4, 0.5) is 10.1 Å². The molecule has 1 unspecified atom stereocenters. The highest BCUT2D eigenvalue weighted by atomic mass is 32.2. The minimum Gasteiger partial charge on any atom is -0.383 e. The molecule has 0 aromatic heterocycles. The molecule has 1 aromatic carbocycles. The summed E-state index contributed by atoms with van der Waals surface area (Å²) in [6, 6.07) is 4.95. The summed E-state index contributed by atoms with van der Waals surface area (Å²) in [5.41, 5.74) is 1.61. The van der Waals surface area contributed by atoms with Crippen LogP contribution in [0.25, 0.3) is 0 Å². The molecule has 1 aliphatic rings. The van der Waals surface area contributed by atoms with E-state index in [1.807, 2.05) is 17.9 Å². The molecule has 1 heterocycles. The molecule has 130 valence electrons. The van der Waals surface area contributed by atoms with Gasteiger partial charge in [-0.25, -0.2) is 17.5 Å². The number of piperidine rings is 1. The van der Waals surface area contributed by atoms with Gasteiger partial charge in [-0.3, -0.25) is 0 Å². The van der Waals surface area contributed by atoms with Crippen molar-refractivity contribution in [1.82, 2.24) is 4.72 Å². The lowest BCUT2D eigenvalue weighted by Crippen LogP contribution is -2.47. The first-order valence-electron chi connectivity index (χ1n) is 7.84. The monoisotopic (exact) mass is 344 g/mol. The van der Waals surface area contributed by atoms with Crippen molar-refractivity contribution in [2.75, 3.05) is 31.7 Å². The maximum absolute atomic E-state index is 13.9. The highest BCUT2D eigenvalue weighted by Gasteiger charge is 2.28. The van der Waals surface area contributed by atoms with E-state index < -0.39 is 15.3 Å². The molecule has 1 aliphatic heterocycles. The molecule has 7 heteroatoms. The summed E-state index contributed by atoms with van der Waals surface area (Å²) < 4.78 is 46.0. The molecular weight excluding hydrogens is 319 g/mol. The molecule has 1 N–H and O–H groups in total. The van der Waals surface area contributed by atoms with Gasteiger partial charge in [-0.1, -0.05) is 6.07 Å². The van der Waals surface area contributed by atoms with Crippen LogP contribution < -0.4 is 9.62 Å². The van der Waals surface area contributed by atoms with Crippen molar-refractivity contribution < 1.29 is 17.5 Å². The zero-order chi connectivity index (χ0) is 17.0. The summed E-state index contributed by atoms with van der Waals surface area (Å²) in [4.78, 5) is 1.98. The Morgan fingerprint density at radius 2 is 2.04 bits per heavy atom. The number of rotatable bonds is 6. The smallest absolute Gasteiger partial charge is 0.216 e. The van der Waals surface area contributed by atoms with Crippen LogP contribution in [0.15, 0.2) is 18.2 Å². The second-order valence-corrected chi connectivity index (χ2v) is 8.28. The summed E-state index contributed by atoms with van der Waals surface area (Å²) in [7, 11) is -1.90. The van der Waals surface area contributed by atoms with E-state index in [0.717, 1.165) is 5.56 Å². The molecule has 23 heavy (non-hydrogen) atoms. The van der Waals surface area contributed by atoms with Crippen LogP contribution in [-0.4, -0.2) is 46.5 Å². The first-order chi connectivity index (χ1) is 10.8. The highest BCUT2D eigenvalue weighted by molar-refractivity contribution is 7.90. The van der Waals surface area contributed by atoms with Gasteiger partial charge in [-0.2, -0.15) is 0 Å². The Kier molecular flexibility index (Phi) is 6.00. The molecule has 1 saturated heterocycles. The summed E-state index contributed by atoms with van der Waals surface area (Å²) in [6.45, 7) is 4.99. The number of aryl methyl sites for hydroxylation is 1. The topological polar surface area (TPSA) is 58.6 Å². The van der Waals surface area contributed by atoms with E-state index in [-0.39, 0.29) is 18.5 Å². The number of nitrogens with one attached hydrogen (secondary N) is 1. The fourth-order valence-corrected chi connectivity index (χ4v) is 4.02. The van der Waals surface area contributed by atoms with Crippen LogP contribution in [0.1, 0.15) is 25.3 Å². The zero-order valence-electron chi connectivity index (χ0n) is 13.9. The van der Waals surface area contributed by atoms with Crippen LogP contribution in [0.3, 0.4) is 0 Å². The Hall–Kier alpha value is -1.18. The molecule has 0 bridgehead atoms. The van der Waals surface area contributed by atoms with E-state index in [4.69, 9.17) is 4.74 Å². The van der Waals surface area contributed by atoms with E-state index in [1.54, 1.807) is 13.0 Å². The highest BCUT2D eigenvalue weighted by Crippen LogP contribution is 2.24. The second-order valence-electron chi connectivity index (χ2n) is 6.15. The number of benzene rings is 1. The van der Waals surface area contributed by atoms with Crippen LogP contribution >= 0.6 is 0 Å². The average molecular weight is 344 g/mol. The Labute approximate surface area is 137 Å². The van der Waals surface area contributed by atoms with Gasteiger partial charge in [0.1, 0.15) is 5.82 Å². The van der Waals surface area contributed by atoms with Gasteiger partial charge in [-0.05, 0) is 44.4 Å². The van der Waals surface area contributed by atoms with Gasteiger partial charge >= 0.3 is 0 Å². The molecule has 0 amide bonds. The summed E-state index contributed by atoms with van der Waals surface area (Å²) >= 11 is 0. The van der Waals surface area contributed by atoms with Crippen LogP contribution in [0.2, 0.25) is 0 Å². The van der Waals surface area contributed by atoms with Crippen molar-refractivity contribution in [3.8, 4) is 0 Å². The lowest BCUT2D eigenvalue weighted by Gasteiger charge is -2.34. The number of halogens is 1. The molecule has 0 aliphatic carbocycles. The van der Waals surface area contributed by atoms with Gasteiger partial charge < -0.3 is 9.64 Å². The van der Waals surface area contributed by atoms with Crippen molar-refractivity contribution >= 4 is 15.7 Å². The maximum atomic E-state index is 13.9. The number of hydrogen-bond donors (Lipinski definition) is 1. The molecule has 2 rings (SSSR count). The Morgan fingerprint density at radius 3 is 2.65 bits per heavy atom. The Balaban J connectivity index is 1.95. The van der Waals surface area contributed by atoms with Gasteiger partial charge in [0.15, 0.2) is 0 Å². The van der Waals surface area contributed by atoms with Crippen molar-refractivity contribution in [3.63, 3.8) is 0 Å². The Bertz CT molecular complexity index is 628. The van der Waals surface area contributed by atoms with Crippen molar-refractivity contribution in [3.05, 3.63) is 29.6 Å². The summed E-state index contributed by atoms with van der Waals surface area (Å²) in [5, 5.41) is -0.584. The van der Waals surface area contributed by atoms with Gasteiger partial charge in [0.25, 0.3) is 0 Å². The largest absolute Gasteiger partial charge is 0.383 e. The van der Waals surface area contributed by atoms with Crippen LogP contribution in [-0.2, 0) is 14.8 Å². The number of sulfonamides is 1. The van der Waals surface area contributed by atoms with Gasteiger partial charge in [0, 0.05) is 26.2 Å². The summed E-state index contributed by atoms with van der Waals surface area (Å²) in [6.07, 6.45) is 1.32. The quantitative estimate of drug-likeness (QED) is 0.858. The third kappa shape index (κ3) is 4.65. The predicted octanol–water partition coefficient (Wildman–Crippen LogP) is 2.06. The minimum atomic E-state index is -3.39. The minimum absolute atomic E-state index is 0.108. The molecule has 5 nitrogen and oxygen atoms in total. The van der Waals surface area contributed by atoms with Crippen molar-refractivity contribution in [2.24, 2.45) is 0 Å². The SMILES string of the molecule is COCC(C)S(=O)(=O)NC1CCN(c2cc(C)ccc2F)CC1. The van der Waals surface area contributed by atoms with E-state index in [2.05, 4.69) is 4.72 Å². The molecule has 0 spiro atoms. The molecule has 1 atom stereocenters. The molecular formula is C16H25FN2O3S. The van der Waals surface area contributed by atoms with Gasteiger partial charge in [-0.15, -0.1) is 0 Å². The van der Waals surface area contributed by atoms with E-state index in [9.17, 15) is 12.8 Å². The van der Waals surface area contributed by atoms with Gasteiger partial charge in [0.05, 0.1) is 17.5 Å². The number of nitrogens with zero attached hydrogens (tertiary/aromatic N) is 1. The third-order valence-electron chi connectivity index (χ3n) is 4.20. The second kappa shape index (κ2) is 7.59. The van der Waals surface area contributed by atoms with Crippen LogP contribution in [0, 0.1) is 12.7 Å². The van der Waals surface area contributed by atoms with E-state index >= 15 is 0 Å². The number of ether oxygens (including phenoxy) is 1. The number of methoxy groups -OCH3 is 1. The lowest BCUT2D eigenvalue weighted by atomic mass is 10.0. The average Bonchev–Trinajstić information content (AvgIpc) is 2.50. The van der Waals surface area contributed by atoms with E-state index in [1.165, 1.54) is 13.2 Å². The van der Waals surface area contributed by atoms with Gasteiger partial charge in [0.2, 0.25) is 10.0 Å². The van der Waals surface area contributed by atoms with Crippen molar-refractivity contribution in [2.45, 2.75) is 38.0 Å². The molecule has 1 aromatic rings. The molecule has 0 saturated carbocycles. The number of hydrogen-bond acceptors (Lipinski definition) is 4. The van der Waals surface area contributed by atoms with Crippen molar-refractivity contribution in [1.29, 1.82) is 0 Å². The zero-order valence-corrected chi connectivity index (χ0v) is 14.7.